The van der Waals surface area contributed by atoms with Gasteiger partial charge >= 0.3 is 0 Å². The smallest absolute Gasteiger partial charge is 0.171 e. The fraction of sp³-hybridized carbons (Fsp3) is 0.346. The van der Waals surface area contributed by atoms with E-state index in [4.69, 9.17) is 0 Å². The molecule has 1 fully saturated rings. The molecule has 0 unspecified atom stereocenters. The third-order valence-electron chi connectivity index (χ3n) is 6.43. The number of likely N-dealkylation sites (tertiary alicyclic amines) is 1. The molecule has 2 aliphatic rings. The van der Waals surface area contributed by atoms with Gasteiger partial charge in [-0.3, -0.25) is 4.40 Å². The fourth-order valence-corrected chi connectivity index (χ4v) is 7.21. The summed E-state index contributed by atoms with van der Waals surface area (Å²) in [7, 11) is -3.24. The summed E-state index contributed by atoms with van der Waals surface area (Å²) in [4.78, 5) is 7.81. The van der Waals surface area contributed by atoms with Gasteiger partial charge in [-0.05, 0) is 81.1 Å². The van der Waals surface area contributed by atoms with Crippen molar-refractivity contribution in [3.05, 3.63) is 82.4 Å². The number of imidazole rings is 1. The van der Waals surface area contributed by atoms with Gasteiger partial charge in [-0.25, -0.2) is 13.4 Å². The summed E-state index contributed by atoms with van der Waals surface area (Å²) >= 11 is 1.57. The van der Waals surface area contributed by atoms with Crippen LogP contribution in [0.2, 0.25) is 0 Å². The zero-order valence-electron chi connectivity index (χ0n) is 19.5. The van der Waals surface area contributed by atoms with Crippen molar-refractivity contribution >= 4 is 58.1 Å². The van der Waals surface area contributed by atoms with Gasteiger partial charge in [-0.2, -0.15) is 0 Å². The number of rotatable bonds is 8. The molecule has 0 saturated carbocycles. The second kappa shape index (κ2) is 12.5. The molecule has 2 aliphatic heterocycles. The number of benzene rings is 1. The van der Waals surface area contributed by atoms with Crippen molar-refractivity contribution in [2.24, 2.45) is 5.92 Å². The van der Waals surface area contributed by atoms with Crippen LogP contribution >= 0.6 is 36.6 Å². The van der Waals surface area contributed by atoms with Crippen LogP contribution < -0.4 is 0 Å². The van der Waals surface area contributed by atoms with Gasteiger partial charge < -0.3 is 4.90 Å². The van der Waals surface area contributed by atoms with Crippen LogP contribution in [0.1, 0.15) is 30.5 Å². The molecule has 1 saturated heterocycles. The zero-order valence-corrected chi connectivity index (χ0v) is 22.7. The van der Waals surface area contributed by atoms with Gasteiger partial charge in [0.2, 0.25) is 0 Å². The van der Waals surface area contributed by atoms with Crippen LogP contribution in [0.25, 0.3) is 11.7 Å². The first-order valence-corrected chi connectivity index (χ1v) is 14.1. The van der Waals surface area contributed by atoms with Gasteiger partial charge in [0.15, 0.2) is 9.84 Å². The molecule has 2 aromatic heterocycles. The van der Waals surface area contributed by atoms with Crippen LogP contribution in [-0.4, -0.2) is 48.1 Å². The Morgan fingerprint density at radius 3 is 2.57 bits per heavy atom. The number of halogens is 2. The molecule has 4 heterocycles. The molecule has 9 heteroatoms. The molecule has 0 bridgehead atoms. The summed E-state index contributed by atoms with van der Waals surface area (Å²) in [5.74, 6) is 0.487. The Kier molecular flexibility index (Phi) is 9.90. The molecule has 0 amide bonds. The van der Waals surface area contributed by atoms with Crippen molar-refractivity contribution in [3.8, 4) is 0 Å². The molecule has 0 aliphatic carbocycles. The van der Waals surface area contributed by atoms with E-state index >= 15 is 0 Å². The molecular weight excluding hydrogens is 521 g/mol. The molecule has 0 N–H and O–H groups in total. The number of hydrogen-bond donors (Lipinski definition) is 0. The van der Waals surface area contributed by atoms with Gasteiger partial charge in [0.05, 0.1) is 22.7 Å². The van der Waals surface area contributed by atoms with Gasteiger partial charge in [-0.15, -0.1) is 24.8 Å². The lowest BCUT2D eigenvalue weighted by Gasteiger charge is -2.31. The standard InChI is InChI=1S/C26H29N3O2S2.2ClH/c30-33(31,17-13-24-18-23-19-27-25-9-4-10-26(32-24)29(23)25)20-22-11-15-28(16-12-22)14-5-8-21-6-2-1-3-7-21;;/h1-4,6-7,9-10,13,17-19,22H,5,8,11-12,14-16,20H2;2*1H. The van der Waals surface area contributed by atoms with Crippen LogP contribution in [0.5, 0.6) is 0 Å². The largest absolute Gasteiger partial charge is 0.303 e. The molecule has 1 aromatic carbocycles. The van der Waals surface area contributed by atoms with E-state index < -0.39 is 9.84 Å². The maximum atomic E-state index is 12.8. The summed E-state index contributed by atoms with van der Waals surface area (Å²) in [5.41, 5.74) is 3.28. The highest BCUT2D eigenvalue weighted by molar-refractivity contribution is 8.03. The van der Waals surface area contributed by atoms with E-state index in [0.717, 1.165) is 66.6 Å². The van der Waals surface area contributed by atoms with E-state index in [-0.39, 0.29) is 36.5 Å². The predicted molar refractivity (Wildman–Crippen MR) is 150 cm³/mol. The lowest BCUT2D eigenvalue weighted by atomic mass is 9.98. The first-order valence-electron chi connectivity index (χ1n) is 11.6. The number of thioether (sulfide) groups is 1. The van der Waals surface area contributed by atoms with Crippen molar-refractivity contribution < 1.29 is 8.42 Å². The molecular formula is C26H31Cl2N3O2S2. The Morgan fingerprint density at radius 1 is 1.03 bits per heavy atom. The summed E-state index contributed by atoms with van der Waals surface area (Å²) < 4.78 is 27.7. The van der Waals surface area contributed by atoms with E-state index in [2.05, 4.69) is 44.6 Å². The minimum Gasteiger partial charge on any atom is -0.303 e. The average Bonchev–Trinajstić information content (AvgIpc) is 3.24. The van der Waals surface area contributed by atoms with Crippen LogP contribution in [0.4, 0.5) is 0 Å². The number of aryl methyl sites for hydroxylation is 1. The molecule has 5 rings (SSSR count). The lowest BCUT2D eigenvalue weighted by molar-refractivity contribution is 0.192. The highest BCUT2D eigenvalue weighted by Crippen LogP contribution is 2.35. The Hall–Kier alpha value is -1.77. The van der Waals surface area contributed by atoms with Crippen molar-refractivity contribution in [2.45, 2.75) is 30.7 Å². The van der Waals surface area contributed by atoms with E-state index in [1.807, 2.05) is 30.5 Å². The van der Waals surface area contributed by atoms with Gasteiger partial charge in [0.25, 0.3) is 0 Å². The minimum absolute atomic E-state index is 0. The number of piperidine rings is 1. The number of hydrogen-bond acceptors (Lipinski definition) is 5. The van der Waals surface area contributed by atoms with Gasteiger partial charge in [-0.1, -0.05) is 48.2 Å². The van der Waals surface area contributed by atoms with Gasteiger partial charge in [0, 0.05) is 10.3 Å². The zero-order chi connectivity index (χ0) is 22.7. The molecule has 0 radical (unpaired) electrons. The van der Waals surface area contributed by atoms with Crippen molar-refractivity contribution in [3.63, 3.8) is 0 Å². The average molecular weight is 553 g/mol. The monoisotopic (exact) mass is 551 g/mol. The number of sulfone groups is 1. The van der Waals surface area contributed by atoms with Crippen LogP contribution in [0.15, 0.2) is 76.1 Å². The van der Waals surface area contributed by atoms with Crippen LogP contribution in [0, 0.1) is 5.92 Å². The second-order valence-corrected chi connectivity index (χ2v) is 11.9. The van der Waals surface area contributed by atoms with Crippen molar-refractivity contribution in [2.75, 3.05) is 25.4 Å². The SMILES string of the molecule is Cl.Cl.O=S(=O)(C=CC1=Cc2cnc3cccc(n23)S1)CC1CCN(CCCc2ccccc2)CC1. The van der Waals surface area contributed by atoms with Crippen molar-refractivity contribution in [1.29, 1.82) is 0 Å². The third-order valence-corrected chi connectivity index (χ3v) is 8.94. The van der Waals surface area contributed by atoms with E-state index in [9.17, 15) is 8.42 Å². The molecule has 0 spiro atoms. The highest BCUT2D eigenvalue weighted by atomic mass is 35.5. The Balaban J connectivity index is 0.00000171. The summed E-state index contributed by atoms with van der Waals surface area (Å²) in [6, 6.07) is 16.6. The van der Waals surface area contributed by atoms with E-state index in [1.54, 1.807) is 17.8 Å². The second-order valence-electron chi connectivity index (χ2n) is 8.90. The number of pyridine rings is 1. The van der Waals surface area contributed by atoms with E-state index in [1.165, 1.54) is 11.0 Å². The predicted octanol–water partition coefficient (Wildman–Crippen LogP) is 5.90. The van der Waals surface area contributed by atoms with Crippen molar-refractivity contribution in [1.82, 2.24) is 14.3 Å². The molecule has 188 valence electrons. The van der Waals surface area contributed by atoms with E-state index in [0.29, 0.717) is 0 Å². The summed E-state index contributed by atoms with van der Waals surface area (Å²) in [5, 5.41) is 2.46. The summed E-state index contributed by atoms with van der Waals surface area (Å²) in [6.45, 7) is 3.07. The first-order chi connectivity index (χ1) is 16.1. The normalized spacial score (nSPS) is 16.6. The molecule has 3 aromatic rings. The highest BCUT2D eigenvalue weighted by Gasteiger charge is 2.23. The molecule has 0 atom stereocenters. The number of aromatic nitrogens is 2. The maximum Gasteiger partial charge on any atom is 0.171 e. The van der Waals surface area contributed by atoms with Crippen LogP contribution in [0.3, 0.4) is 0 Å². The summed E-state index contributed by atoms with van der Waals surface area (Å²) in [6.07, 6.45) is 9.73. The number of allylic oxidation sites excluding steroid dienone is 1. The van der Waals surface area contributed by atoms with Crippen LogP contribution in [-0.2, 0) is 16.3 Å². The Labute approximate surface area is 224 Å². The van der Waals surface area contributed by atoms with Gasteiger partial charge in [0.1, 0.15) is 5.65 Å². The molecule has 35 heavy (non-hydrogen) atoms. The maximum absolute atomic E-state index is 12.8. The number of nitrogens with zero attached hydrogens (tertiary/aromatic N) is 3. The molecule has 5 nitrogen and oxygen atoms in total. The lowest BCUT2D eigenvalue weighted by Crippen LogP contribution is -2.36. The Bertz CT molecular complexity index is 1280. The fourth-order valence-electron chi connectivity index (χ4n) is 4.67. The topological polar surface area (TPSA) is 54.7 Å². The minimum atomic E-state index is -3.24. The quantitative estimate of drug-likeness (QED) is 0.349. The first kappa shape index (κ1) is 27.8. The third kappa shape index (κ3) is 7.14. The Morgan fingerprint density at radius 2 is 1.80 bits per heavy atom.